The molecule has 0 N–H and O–H groups in total. The Kier molecular flexibility index (Phi) is 6.80. The van der Waals surface area contributed by atoms with Crippen LogP contribution in [0, 0.1) is 0 Å². The molecule has 2 aromatic rings. The number of hydrogen-bond acceptors (Lipinski definition) is 5. The van der Waals surface area contributed by atoms with Crippen molar-refractivity contribution in [1.82, 2.24) is 4.90 Å². The predicted octanol–water partition coefficient (Wildman–Crippen LogP) is 3.58. The average molecular weight is 405 g/mol. The van der Waals surface area contributed by atoms with Crippen LogP contribution in [0.25, 0.3) is 11.8 Å². The van der Waals surface area contributed by atoms with Crippen molar-refractivity contribution in [3.63, 3.8) is 0 Å². The zero-order chi connectivity index (χ0) is 21.5. The maximum atomic E-state index is 12.8. The van der Waals surface area contributed by atoms with E-state index in [1.807, 2.05) is 54.6 Å². The molecule has 2 aromatic carbocycles. The molecule has 30 heavy (non-hydrogen) atoms. The molecule has 0 saturated carbocycles. The summed E-state index contributed by atoms with van der Waals surface area (Å²) in [5.41, 5.74) is 3.10. The minimum Gasteiger partial charge on any atom is -0.466 e. The zero-order valence-electron chi connectivity index (χ0n) is 17.0. The number of carbonyl (C=O) groups excluding carboxylic acids is 3. The van der Waals surface area contributed by atoms with Gasteiger partial charge >= 0.3 is 11.9 Å². The second kappa shape index (κ2) is 9.69. The number of methoxy groups -OCH3 is 1. The van der Waals surface area contributed by atoms with Gasteiger partial charge in [0.15, 0.2) is 0 Å². The summed E-state index contributed by atoms with van der Waals surface area (Å²) in [6.07, 6.45) is 2.92. The fraction of sp³-hybridized carbons (Fsp3) is 0.208. The molecule has 6 heteroatoms. The number of rotatable bonds is 7. The minimum absolute atomic E-state index is 0.0369. The third-order valence-electron chi connectivity index (χ3n) is 4.70. The van der Waals surface area contributed by atoms with Crippen molar-refractivity contribution in [3.05, 3.63) is 82.9 Å². The Morgan fingerprint density at radius 3 is 2.47 bits per heavy atom. The smallest absolute Gasteiger partial charge is 0.336 e. The molecule has 0 bridgehead atoms. The number of carbonyl (C=O) groups is 3. The lowest BCUT2D eigenvalue weighted by Gasteiger charge is -2.22. The van der Waals surface area contributed by atoms with Crippen LogP contribution in [0.1, 0.15) is 30.0 Å². The van der Waals surface area contributed by atoms with Crippen LogP contribution in [-0.2, 0) is 30.4 Å². The topological polar surface area (TPSA) is 72.9 Å². The SMILES string of the molecule is CCOC(=O)/C=C/c1ccccc1C1=C(C(=O)OC)CC(=O)N1Cc1ccccc1. The number of hydrogen-bond donors (Lipinski definition) is 0. The van der Waals surface area contributed by atoms with E-state index in [4.69, 9.17) is 9.47 Å². The van der Waals surface area contributed by atoms with Gasteiger partial charge in [-0.15, -0.1) is 0 Å². The Hall–Kier alpha value is -3.67. The van der Waals surface area contributed by atoms with Gasteiger partial charge in [0.25, 0.3) is 0 Å². The van der Waals surface area contributed by atoms with Crippen LogP contribution in [0.15, 0.2) is 66.2 Å². The largest absolute Gasteiger partial charge is 0.466 e. The zero-order valence-corrected chi connectivity index (χ0v) is 17.0. The van der Waals surface area contributed by atoms with Crippen molar-refractivity contribution in [3.8, 4) is 0 Å². The summed E-state index contributed by atoms with van der Waals surface area (Å²) in [6, 6.07) is 16.8. The Morgan fingerprint density at radius 1 is 1.07 bits per heavy atom. The number of benzene rings is 2. The van der Waals surface area contributed by atoms with E-state index in [0.717, 1.165) is 5.56 Å². The standard InChI is InChI=1S/C24H23NO5/c1-3-30-22(27)14-13-18-11-7-8-12-19(18)23-20(24(28)29-2)15-21(26)25(23)16-17-9-5-4-6-10-17/h4-14H,3,15-16H2,1-2H3/b14-13+. The molecule has 0 radical (unpaired) electrons. The molecule has 0 atom stereocenters. The van der Waals surface area contributed by atoms with Gasteiger partial charge in [-0.05, 0) is 24.1 Å². The van der Waals surface area contributed by atoms with Crippen molar-refractivity contribution >= 4 is 29.6 Å². The maximum Gasteiger partial charge on any atom is 0.336 e. The van der Waals surface area contributed by atoms with E-state index in [1.165, 1.54) is 13.2 Å². The third-order valence-corrected chi connectivity index (χ3v) is 4.70. The summed E-state index contributed by atoms with van der Waals surface area (Å²) in [5.74, 6) is -1.19. The summed E-state index contributed by atoms with van der Waals surface area (Å²) in [5, 5.41) is 0. The van der Waals surface area contributed by atoms with Crippen LogP contribution >= 0.6 is 0 Å². The molecule has 3 rings (SSSR count). The van der Waals surface area contributed by atoms with Gasteiger partial charge in [-0.2, -0.15) is 0 Å². The highest BCUT2D eigenvalue weighted by molar-refractivity contribution is 6.10. The monoisotopic (exact) mass is 405 g/mol. The second-order valence-corrected chi connectivity index (χ2v) is 6.63. The first-order valence-electron chi connectivity index (χ1n) is 9.65. The van der Waals surface area contributed by atoms with Crippen LogP contribution < -0.4 is 0 Å². The lowest BCUT2D eigenvalue weighted by molar-refractivity contribution is -0.137. The van der Waals surface area contributed by atoms with Crippen LogP contribution in [0.5, 0.6) is 0 Å². The molecule has 1 aliphatic rings. The van der Waals surface area contributed by atoms with E-state index in [2.05, 4.69) is 0 Å². The van der Waals surface area contributed by atoms with Crippen molar-refractivity contribution < 1.29 is 23.9 Å². The number of nitrogens with zero attached hydrogens (tertiary/aromatic N) is 1. The predicted molar refractivity (Wildman–Crippen MR) is 113 cm³/mol. The highest BCUT2D eigenvalue weighted by atomic mass is 16.5. The second-order valence-electron chi connectivity index (χ2n) is 6.63. The summed E-state index contributed by atoms with van der Waals surface area (Å²) in [4.78, 5) is 38.7. The first kappa shape index (κ1) is 21.0. The highest BCUT2D eigenvalue weighted by Crippen LogP contribution is 2.36. The first-order valence-corrected chi connectivity index (χ1v) is 9.65. The molecule has 0 fully saturated rings. The van der Waals surface area contributed by atoms with Gasteiger partial charge in [0.1, 0.15) is 0 Å². The highest BCUT2D eigenvalue weighted by Gasteiger charge is 2.35. The molecule has 0 aromatic heterocycles. The summed E-state index contributed by atoms with van der Waals surface area (Å²) in [6.45, 7) is 2.34. The Balaban J connectivity index is 2.07. The van der Waals surface area contributed by atoms with Gasteiger partial charge in [0, 0.05) is 11.6 Å². The minimum atomic E-state index is -0.543. The Bertz CT molecular complexity index is 1010. The van der Waals surface area contributed by atoms with Gasteiger partial charge in [0.2, 0.25) is 5.91 Å². The number of ether oxygens (including phenoxy) is 2. The molecule has 0 unspecified atom stereocenters. The molecule has 1 heterocycles. The summed E-state index contributed by atoms with van der Waals surface area (Å²) >= 11 is 0. The van der Waals surface area contributed by atoms with E-state index in [1.54, 1.807) is 17.9 Å². The van der Waals surface area contributed by atoms with Crippen LogP contribution in [-0.4, -0.2) is 36.5 Å². The van der Waals surface area contributed by atoms with E-state index >= 15 is 0 Å². The van der Waals surface area contributed by atoms with Gasteiger partial charge in [-0.25, -0.2) is 9.59 Å². The van der Waals surface area contributed by atoms with Crippen LogP contribution in [0.2, 0.25) is 0 Å². The molecular formula is C24H23NO5. The number of amides is 1. The average Bonchev–Trinajstić information content (AvgIpc) is 3.08. The summed E-state index contributed by atoms with van der Waals surface area (Å²) < 4.78 is 9.88. The third kappa shape index (κ3) is 4.66. The molecule has 6 nitrogen and oxygen atoms in total. The molecule has 0 spiro atoms. The number of esters is 2. The fourth-order valence-electron chi connectivity index (χ4n) is 3.36. The van der Waals surface area contributed by atoms with Crippen molar-refractivity contribution in [1.29, 1.82) is 0 Å². The van der Waals surface area contributed by atoms with E-state index in [0.29, 0.717) is 28.9 Å². The molecule has 1 aliphatic heterocycles. The van der Waals surface area contributed by atoms with Gasteiger partial charge in [0.05, 0.1) is 38.0 Å². The van der Waals surface area contributed by atoms with Gasteiger partial charge in [-0.1, -0.05) is 54.6 Å². The van der Waals surface area contributed by atoms with Crippen molar-refractivity contribution in [2.24, 2.45) is 0 Å². The molecular weight excluding hydrogens is 382 g/mol. The molecule has 0 saturated heterocycles. The quantitative estimate of drug-likeness (QED) is 0.520. The Labute approximate surface area is 175 Å². The van der Waals surface area contributed by atoms with Crippen LogP contribution in [0.4, 0.5) is 0 Å². The fourth-order valence-corrected chi connectivity index (χ4v) is 3.36. The molecule has 0 aliphatic carbocycles. The first-order chi connectivity index (χ1) is 14.5. The Morgan fingerprint density at radius 2 is 1.77 bits per heavy atom. The van der Waals surface area contributed by atoms with Gasteiger partial charge in [-0.3, -0.25) is 4.79 Å². The lowest BCUT2D eigenvalue weighted by Crippen LogP contribution is -2.24. The van der Waals surface area contributed by atoms with Gasteiger partial charge < -0.3 is 14.4 Å². The lowest BCUT2D eigenvalue weighted by atomic mass is 10.00. The van der Waals surface area contributed by atoms with Crippen molar-refractivity contribution in [2.75, 3.05) is 13.7 Å². The van der Waals surface area contributed by atoms with Crippen molar-refractivity contribution in [2.45, 2.75) is 19.9 Å². The maximum absolute atomic E-state index is 12.8. The van der Waals surface area contributed by atoms with E-state index in [9.17, 15) is 14.4 Å². The van der Waals surface area contributed by atoms with E-state index < -0.39 is 11.9 Å². The summed E-state index contributed by atoms with van der Waals surface area (Å²) in [7, 11) is 1.30. The van der Waals surface area contributed by atoms with E-state index in [-0.39, 0.29) is 18.9 Å². The normalized spacial score (nSPS) is 13.8. The van der Waals surface area contributed by atoms with Crippen LogP contribution in [0.3, 0.4) is 0 Å². The molecule has 154 valence electrons. The molecule has 1 amide bonds.